The molecule has 1 saturated heterocycles. The third kappa shape index (κ3) is 4.95. The lowest BCUT2D eigenvalue weighted by molar-refractivity contribution is 0.0746. The SMILES string of the molecule is O=C(c1cccc(OCc2cccc(Br)c2)c1)N1CCN(c2ccccn2)CC1. The average molecular weight is 452 g/mol. The molecule has 148 valence electrons. The molecule has 0 unspecified atom stereocenters. The molecule has 1 aliphatic rings. The number of piperazine rings is 1. The maximum atomic E-state index is 12.9. The van der Waals surface area contributed by atoms with E-state index in [0.717, 1.165) is 28.9 Å². The van der Waals surface area contributed by atoms with Crippen molar-refractivity contribution < 1.29 is 9.53 Å². The Morgan fingerprint density at radius 2 is 1.79 bits per heavy atom. The van der Waals surface area contributed by atoms with Crippen LogP contribution in [-0.4, -0.2) is 42.0 Å². The molecule has 3 aromatic rings. The smallest absolute Gasteiger partial charge is 0.254 e. The highest BCUT2D eigenvalue weighted by Gasteiger charge is 2.23. The van der Waals surface area contributed by atoms with Crippen molar-refractivity contribution in [2.24, 2.45) is 0 Å². The number of carbonyl (C=O) groups is 1. The number of halogens is 1. The van der Waals surface area contributed by atoms with Crippen molar-refractivity contribution in [2.75, 3.05) is 31.1 Å². The van der Waals surface area contributed by atoms with Gasteiger partial charge >= 0.3 is 0 Å². The van der Waals surface area contributed by atoms with E-state index in [1.165, 1.54) is 0 Å². The molecule has 29 heavy (non-hydrogen) atoms. The summed E-state index contributed by atoms with van der Waals surface area (Å²) in [4.78, 5) is 21.4. The average Bonchev–Trinajstić information content (AvgIpc) is 2.78. The molecule has 0 atom stereocenters. The van der Waals surface area contributed by atoms with Gasteiger partial charge in [0.2, 0.25) is 0 Å². The van der Waals surface area contributed by atoms with Gasteiger partial charge in [0.25, 0.3) is 5.91 Å². The lowest BCUT2D eigenvalue weighted by Gasteiger charge is -2.35. The first kappa shape index (κ1) is 19.5. The van der Waals surface area contributed by atoms with Gasteiger partial charge in [0, 0.05) is 42.4 Å². The van der Waals surface area contributed by atoms with Gasteiger partial charge < -0.3 is 14.5 Å². The van der Waals surface area contributed by atoms with E-state index < -0.39 is 0 Å². The Morgan fingerprint density at radius 3 is 2.55 bits per heavy atom. The van der Waals surface area contributed by atoms with E-state index in [-0.39, 0.29) is 5.91 Å². The lowest BCUT2D eigenvalue weighted by Crippen LogP contribution is -2.49. The number of hydrogen-bond donors (Lipinski definition) is 0. The first-order valence-electron chi connectivity index (χ1n) is 9.61. The second-order valence-electron chi connectivity index (χ2n) is 6.91. The predicted molar refractivity (Wildman–Crippen MR) is 117 cm³/mol. The van der Waals surface area contributed by atoms with E-state index in [2.05, 4.69) is 25.8 Å². The summed E-state index contributed by atoms with van der Waals surface area (Å²) in [6.45, 7) is 3.38. The number of anilines is 1. The van der Waals surface area contributed by atoms with Crippen LogP contribution in [0, 0.1) is 0 Å². The fourth-order valence-electron chi connectivity index (χ4n) is 3.37. The summed E-state index contributed by atoms with van der Waals surface area (Å²) in [5, 5.41) is 0. The summed E-state index contributed by atoms with van der Waals surface area (Å²) < 4.78 is 6.91. The molecule has 6 heteroatoms. The summed E-state index contributed by atoms with van der Waals surface area (Å²) in [6, 6.07) is 21.3. The zero-order valence-corrected chi connectivity index (χ0v) is 17.6. The molecule has 2 aromatic carbocycles. The van der Waals surface area contributed by atoms with Gasteiger partial charge in [-0.2, -0.15) is 0 Å². The predicted octanol–water partition coefficient (Wildman–Crippen LogP) is 4.39. The molecule has 0 radical (unpaired) electrons. The minimum absolute atomic E-state index is 0.0403. The van der Waals surface area contributed by atoms with Crippen molar-refractivity contribution in [2.45, 2.75) is 6.61 Å². The monoisotopic (exact) mass is 451 g/mol. The van der Waals surface area contributed by atoms with Crippen LogP contribution in [0.2, 0.25) is 0 Å². The zero-order valence-electron chi connectivity index (χ0n) is 16.0. The quantitative estimate of drug-likeness (QED) is 0.577. The Kier molecular flexibility index (Phi) is 6.10. The standard InChI is InChI=1S/C23H22BrN3O2/c24-20-7-3-5-18(15-20)17-29-21-8-4-6-19(16-21)23(28)27-13-11-26(12-14-27)22-9-1-2-10-25-22/h1-10,15-16H,11-14,17H2. The van der Waals surface area contributed by atoms with E-state index in [0.29, 0.717) is 31.0 Å². The number of pyridine rings is 1. The molecule has 1 aromatic heterocycles. The molecule has 5 nitrogen and oxygen atoms in total. The molecular formula is C23H22BrN3O2. The number of ether oxygens (including phenoxy) is 1. The van der Waals surface area contributed by atoms with E-state index >= 15 is 0 Å². The molecule has 1 amide bonds. The van der Waals surface area contributed by atoms with Crippen molar-refractivity contribution >= 4 is 27.7 Å². The maximum absolute atomic E-state index is 12.9. The van der Waals surface area contributed by atoms with Crippen LogP contribution in [0.4, 0.5) is 5.82 Å². The van der Waals surface area contributed by atoms with Crippen LogP contribution in [0.15, 0.2) is 77.4 Å². The summed E-state index contributed by atoms with van der Waals surface area (Å²) in [5.74, 6) is 1.70. The normalized spacial score (nSPS) is 14.0. The minimum Gasteiger partial charge on any atom is -0.489 e. The number of nitrogens with zero attached hydrogens (tertiary/aromatic N) is 3. The van der Waals surface area contributed by atoms with Crippen molar-refractivity contribution in [1.82, 2.24) is 9.88 Å². The van der Waals surface area contributed by atoms with Gasteiger partial charge in [0.1, 0.15) is 18.2 Å². The van der Waals surface area contributed by atoms with Crippen LogP contribution in [0.25, 0.3) is 0 Å². The molecule has 0 spiro atoms. The highest BCUT2D eigenvalue weighted by atomic mass is 79.9. The lowest BCUT2D eigenvalue weighted by atomic mass is 10.1. The van der Waals surface area contributed by atoms with Crippen LogP contribution in [0.5, 0.6) is 5.75 Å². The first-order chi connectivity index (χ1) is 14.2. The number of amides is 1. The summed E-state index contributed by atoms with van der Waals surface area (Å²) >= 11 is 3.47. The van der Waals surface area contributed by atoms with Gasteiger partial charge in [-0.05, 0) is 48.0 Å². The Morgan fingerprint density at radius 1 is 0.966 bits per heavy atom. The second kappa shape index (κ2) is 9.09. The maximum Gasteiger partial charge on any atom is 0.254 e. The Bertz CT molecular complexity index is 973. The highest BCUT2D eigenvalue weighted by Crippen LogP contribution is 2.19. The van der Waals surface area contributed by atoms with Crippen molar-refractivity contribution in [3.8, 4) is 5.75 Å². The summed E-state index contributed by atoms with van der Waals surface area (Å²) in [6.07, 6.45) is 1.80. The first-order valence-corrected chi connectivity index (χ1v) is 10.4. The molecule has 0 bridgehead atoms. The van der Waals surface area contributed by atoms with E-state index in [4.69, 9.17) is 4.74 Å². The number of benzene rings is 2. The van der Waals surface area contributed by atoms with E-state index in [1.807, 2.05) is 71.6 Å². The molecule has 1 fully saturated rings. The van der Waals surface area contributed by atoms with Crippen LogP contribution in [0.1, 0.15) is 15.9 Å². The Labute approximate surface area is 179 Å². The molecule has 0 aliphatic carbocycles. The molecule has 2 heterocycles. The largest absolute Gasteiger partial charge is 0.489 e. The van der Waals surface area contributed by atoms with Gasteiger partial charge in [-0.1, -0.05) is 40.2 Å². The number of hydrogen-bond acceptors (Lipinski definition) is 4. The number of rotatable bonds is 5. The topological polar surface area (TPSA) is 45.7 Å². The second-order valence-corrected chi connectivity index (χ2v) is 7.83. The van der Waals surface area contributed by atoms with Crippen LogP contribution in [-0.2, 0) is 6.61 Å². The number of carbonyl (C=O) groups excluding carboxylic acids is 1. The van der Waals surface area contributed by atoms with Gasteiger partial charge in [-0.3, -0.25) is 4.79 Å². The molecule has 1 aliphatic heterocycles. The van der Waals surface area contributed by atoms with Crippen LogP contribution in [0.3, 0.4) is 0 Å². The van der Waals surface area contributed by atoms with Crippen molar-refractivity contribution in [3.05, 3.63) is 88.5 Å². The highest BCUT2D eigenvalue weighted by molar-refractivity contribution is 9.10. The number of aromatic nitrogens is 1. The van der Waals surface area contributed by atoms with Crippen LogP contribution >= 0.6 is 15.9 Å². The van der Waals surface area contributed by atoms with Gasteiger partial charge in [-0.25, -0.2) is 4.98 Å². The molecule has 0 N–H and O–H groups in total. The van der Waals surface area contributed by atoms with Gasteiger partial charge in [-0.15, -0.1) is 0 Å². The zero-order chi connectivity index (χ0) is 20.1. The fourth-order valence-corrected chi connectivity index (χ4v) is 3.82. The molecular weight excluding hydrogens is 430 g/mol. The Hall–Kier alpha value is -2.86. The fraction of sp³-hybridized carbons (Fsp3) is 0.217. The van der Waals surface area contributed by atoms with Crippen molar-refractivity contribution in [3.63, 3.8) is 0 Å². The molecule has 4 rings (SSSR count). The summed E-state index contributed by atoms with van der Waals surface area (Å²) in [7, 11) is 0. The van der Waals surface area contributed by atoms with E-state index in [9.17, 15) is 4.79 Å². The van der Waals surface area contributed by atoms with E-state index in [1.54, 1.807) is 6.20 Å². The van der Waals surface area contributed by atoms with Crippen molar-refractivity contribution in [1.29, 1.82) is 0 Å². The third-order valence-electron chi connectivity index (χ3n) is 4.92. The van der Waals surface area contributed by atoms with Gasteiger partial charge in [0.15, 0.2) is 0 Å². The summed E-state index contributed by atoms with van der Waals surface area (Å²) in [5.41, 5.74) is 1.73. The minimum atomic E-state index is 0.0403. The Balaban J connectivity index is 1.36. The van der Waals surface area contributed by atoms with Crippen LogP contribution < -0.4 is 9.64 Å². The third-order valence-corrected chi connectivity index (χ3v) is 5.41. The molecule has 0 saturated carbocycles. The van der Waals surface area contributed by atoms with Gasteiger partial charge in [0.05, 0.1) is 0 Å².